The van der Waals surface area contributed by atoms with Gasteiger partial charge < -0.3 is 10.1 Å². The lowest BCUT2D eigenvalue weighted by molar-refractivity contribution is -0.145. The van der Waals surface area contributed by atoms with E-state index in [2.05, 4.69) is 5.32 Å². The van der Waals surface area contributed by atoms with Gasteiger partial charge in [0.15, 0.2) is 0 Å². The molecule has 0 unspecified atom stereocenters. The number of carbonyl (C=O) groups excluding carboxylic acids is 2. The van der Waals surface area contributed by atoms with Crippen molar-refractivity contribution in [1.82, 2.24) is 5.32 Å². The molecule has 1 N–H and O–H groups in total. The zero-order chi connectivity index (χ0) is 9.56. The van der Waals surface area contributed by atoms with Crippen LogP contribution < -0.4 is 5.32 Å². The van der Waals surface area contributed by atoms with Crippen molar-refractivity contribution in [3.63, 3.8) is 0 Å². The smallest absolute Gasteiger partial charge is 0.303 e. The van der Waals surface area contributed by atoms with Crippen LogP contribution in [-0.2, 0) is 14.3 Å². The van der Waals surface area contributed by atoms with E-state index in [1.807, 2.05) is 0 Å². The molecule has 0 rings (SSSR count). The van der Waals surface area contributed by atoms with Crippen LogP contribution in [-0.4, -0.2) is 30.4 Å². The first-order valence-corrected chi connectivity index (χ1v) is 4.07. The molecule has 1 amide bonds. The topological polar surface area (TPSA) is 55.4 Å². The van der Waals surface area contributed by atoms with Crippen LogP contribution in [0.4, 0.5) is 0 Å². The largest absolute Gasteiger partial charge is 0.459 e. The summed E-state index contributed by atoms with van der Waals surface area (Å²) < 4.78 is 4.76. The van der Waals surface area contributed by atoms with Crippen molar-refractivity contribution >= 4 is 23.5 Å². The molecular weight excluding hydrogens is 182 g/mol. The molecule has 0 saturated heterocycles. The Labute approximate surface area is 76.2 Å². The van der Waals surface area contributed by atoms with Gasteiger partial charge in [-0.2, -0.15) is 0 Å². The molecule has 0 fully saturated rings. The molecule has 1 atom stereocenters. The molecule has 4 nitrogen and oxygen atoms in total. The van der Waals surface area contributed by atoms with Gasteiger partial charge in [0.1, 0.15) is 6.10 Å². The zero-order valence-electron chi connectivity index (χ0n) is 7.09. The lowest BCUT2D eigenvalue weighted by Gasteiger charge is -2.13. The Hall–Kier alpha value is -0.770. The van der Waals surface area contributed by atoms with Crippen molar-refractivity contribution in [2.24, 2.45) is 0 Å². The Bertz CT molecular complexity index is 172. The van der Waals surface area contributed by atoms with Gasteiger partial charge in [0, 0.05) is 13.8 Å². The molecule has 0 radical (unpaired) electrons. The van der Waals surface area contributed by atoms with E-state index in [4.69, 9.17) is 16.3 Å². The standard InChI is InChI=1S/C7H12ClNO3/c1-5(10)9-4-7(3-8)12-6(2)11/h7H,3-4H2,1-2H3,(H,9,10)/t7-/m0/s1. The second kappa shape index (κ2) is 5.83. The van der Waals surface area contributed by atoms with Crippen LogP contribution in [0, 0.1) is 0 Å². The first kappa shape index (κ1) is 11.2. The Morgan fingerprint density at radius 2 is 2.08 bits per heavy atom. The summed E-state index contributed by atoms with van der Waals surface area (Å²) >= 11 is 5.47. The Balaban J connectivity index is 3.67. The SMILES string of the molecule is CC(=O)NC[C@H](CCl)OC(C)=O. The molecular formula is C7H12ClNO3. The van der Waals surface area contributed by atoms with Crippen LogP contribution >= 0.6 is 11.6 Å². The van der Waals surface area contributed by atoms with E-state index in [0.29, 0.717) is 0 Å². The summed E-state index contributed by atoms with van der Waals surface area (Å²) in [6.07, 6.45) is -0.437. The molecule has 0 aromatic rings. The fraction of sp³-hybridized carbons (Fsp3) is 0.714. The minimum absolute atomic E-state index is 0.169. The highest BCUT2D eigenvalue weighted by molar-refractivity contribution is 6.18. The van der Waals surface area contributed by atoms with Gasteiger partial charge >= 0.3 is 5.97 Å². The number of alkyl halides is 1. The second-order valence-electron chi connectivity index (χ2n) is 2.32. The summed E-state index contributed by atoms with van der Waals surface area (Å²) in [5, 5.41) is 2.50. The lowest BCUT2D eigenvalue weighted by Crippen LogP contribution is -2.34. The summed E-state index contributed by atoms with van der Waals surface area (Å²) in [6.45, 7) is 2.95. The number of hydrogen-bond acceptors (Lipinski definition) is 3. The van der Waals surface area contributed by atoms with E-state index >= 15 is 0 Å². The van der Waals surface area contributed by atoms with Crippen molar-refractivity contribution < 1.29 is 14.3 Å². The summed E-state index contributed by atoms with van der Waals surface area (Å²) in [5.41, 5.74) is 0. The molecule has 0 saturated carbocycles. The predicted octanol–water partition coefficient (Wildman–Crippen LogP) is 0.293. The average molecular weight is 194 g/mol. The fourth-order valence-corrected chi connectivity index (χ4v) is 0.792. The van der Waals surface area contributed by atoms with Crippen molar-refractivity contribution in [2.45, 2.75) is 20.0 Å². The molecule has 12 heavy (non-hydrogen) atoms. The number of ether oxygens (including phenoxy) is 1. The second-order valence-corrected chi connectivity index (χ2v) is 2.63. The quantitative estimate of drug-likeness (QED) is 0.516. The summed E-state index contributed by atoms with van der Waals surface area (Å²) in [5.74, 6) is -0.386. The molecule has 0 spiro atoms. The average Bonchev–Trinajstić information content (AvgIpc) is 1.97. The van der Waals surface area contributed by atoms with E-state index in [1.54, 1.807) is 0 Å². The maximum atomic E-state index is 10.5. The predicted molar refractivity (Wildman–Crippen MR) is 45.0 cm³/mol. The van der Waals surface area contributed by atoms with Crippen LogP contribution in [0.1, 0.15) is 13.8 Å². The van der Waals surface area contributed by atoms with Crippen molar-refractivity contribution in [2.75, 3.05) is 12.4 Å². The molecule has 0 heterocycles. The van der Waals surface area contributed by atoms with Crippen LogP contribution in [0.15, 0.2) is 0 Å². The Morgan fingerprint density at radius 3 is 2.42 bits per heavy atom. The summed E-state index contributed by atoms with van der Waals surface area (Å²) in [7, 11) is 0. The van der Waals surface area contributed by atoms with Gasteiger partial charge in [-0.3, -0.25) is 9.59 Å². The molecule has 0 aromatic heterocycles. The first-order chi connectivity index (χ1) is 5.56. The van der Waals surface area contributed by atoms with Gasteiger partial charge in [0.05, 0.1) is 12.4 Å². The highest BCUT2D eigenvalue weighted by Crippen LogP contribution is 1.94. The van der Waals surface area contributed by atoms with E-state index in [9.17, 15) is 9.59 Å². The van der Waals surface area contributed by atoms with E-state index in [0.717, 1.165) is 0 Å². The van der Waals surface area contributed by atoms with Gasteiger partial charge in [-0.15, -0.1) is 11.6 Å². The molecule has 0 bridgehead atoms. The fourth-order valence-electron chi connectivity index (χ4n) is 0.620. The molecule has 0 aliphatic rings. The van der Waals surface area contributed by atoms with Crippen LogP contribution in [0.3, 0.4) is 0 Å². The minimum atomic E-state index is -0.437. The maximum absolute atomic E-state index is 10.5. The molecule has 0 aromatic carbocycles. The number of halogens is 1. The summed E-state index contributed by atoms with van der Waals surface area (Å²) in [6, 6.07) is 0. The summed E-state index contributed by atoms with van der Waals surface area (Å²) in [4.78, 5) is 20.9. The van der Waals surface area contributed by atoms with Gasteiger partial charge in [-0.1, -0.05) is 0 Å². The van der Waals surface area contributed by atoms with E-state index in [-0.39, 0.29) is 18.3 Å². The zero-order valence-corrected chi connectivity index (χ0v) is 7.85. The molecule has 5 heteroatoms. The van der Waals surface area contributed by atoms with Crippen molar-refractivity contribution in [3.05, 3.63) is 0 Å². The lowest BCUT2D eigenvalue weighted by atomic mass is 10.4. The van der Waals surface area contributed by atoms with Crippen LogP contribution in [0.2, 0.25) is 0 Å². The number of nitrogens with one attached hydrogen (secondary N) is 1. The Kier molecular flexibility index (Phi) is 5.45. The number of rotatable bonds is 4. The monoisotopic (exact) mass is 193 g/mol. The number of carbonyl (C=O) groups is 2. The number of hydrogen-bond donors (Lipinski definition) is 1. The van der Waals surface area contributed by atoms with Crippen LogP contribution in [0.25, 0.3) is 0 Å². The van der Waals surface area contributed by atoms with Crippen molar-refractivity contribution in [1.29, 1.82) is 0 Å². The third kappa shape index (κ3) is 5.97. The van der Waals surface area contributed by atoms with Crippen molar-refractivity contribution in [3.8, 4) is 0 Å². The van der Waals surface area contributed by atoms with Gasteiger partial charge in [0.25, 0.3) is 0 Å². The minimum Gasteiger partial charge on any atom is -0.459 e. The van der Waals surface area contributed by atoms with E-state index in [1.165, 1.54) is 13.8 Å². The van der Waals surface area contributed by atoms with Gasteiger partial charge in [-0.05, 0) is 0 Å². The normalized spacial score (nSPS) is 11.9. The third-order valence-electron chi connectivity index (χ3n) is 1.08. The van der Waals surface area contributed by atoms with Crippen LogP contribution in [0.5, 0.6) is 0 Å². The maximum Gasteiger partial charge on any atom is 0.303 e. The van der Waals surface area contributed by atoms with Gasteiger partial charge in [-0.25, -0.2) is 0 Å². The van der Waals surface area contributed by atoms with Gasteiger partial charge in [0.2, 0.25) is 5.91 Å². The number of amides is 1. The van der Waals surface area contributed by atoms with E-state index < -0.39 is 12.1 Å². The highest BCUT2D eigenvalue weighted by atomic mass is 35.5. The molecule has 70 valence electrons. The third-order valence-corrected chi connectivity index (χ3v) is 1.43. The Morgan fingerprint density at radius 1 is 1.50 bits per heavy atom. The number of esters is 1. The first-order valence-electron chi connectivity index (χ1n) is 3.54. The highest BCUT2D eigenvalue weighted by Gasteiger charge is 2.10. The molecule has 0 aliphatic heterocycles. The molecule has 0 aliphatic carbocycles.